The molecule has 4 unspecified atom stereocenters. The summed E-state index contributed by atoms with van der Waals surface area (Å²) < 4.78 is 40.5. The second-order valence-corrected chi connectivity index (χ2v) is 16.6. The molecule has 2 aromatic heterocycles. The summed E-state index contributed by atoms with van der Waals surface area (Å²) >= 11 is 0. The van der Waals surface area contributed by atoms with E-state index in [0.717, 1.165) is 50.4 Å². The number of nitrogens with zero attached hydrogens (tertiary/aromatic N) is 4. The van der Waals surface area contributed by atoms with Crippen LogP contribution in [0.3, 0.4) is 0 Å². The fraction of sp³-hybridized carbons (Fsp3) is 0.586. The van der Waals surface area contributed by atoms with Crippen molar-refractivity contribution in [3.8, 4) is 0 Å². The van der Waals surface area contributed by atoms with Gasteiger partial charge in [0.25, 0.3) is 5.69 Å². The molecule has 7 heterocycles. The molecule has 10 nitrogen and oxygen atoms in total. The van der Waals surface area contributed by atoms with Crippen LogP contribution in [0.15, 0.2) is 53.8 Å². The Kier molecular flexibility index (Phi) is 8.62. The average Bonchev–Trinajstić information content (AvgIpc) is 3.74. The molecule has 0 amide bonds. The van der Waals surface area contributed by atoms with Gasteiger partial charge in [0, 0.05) is 49.6 Å². The molecule has 4 bridgehead atoms. The summed E-state index contributed by atoms with van der Waals surface area (Å²) in [7, 11) is -4.73. The van der Waals surface area contributed by atoms with Gasteiger partial charge in [-0.3, -0.25) is 9.98 Å². The lowest BCUT2D eigenvalue weighted by molar-refractivity contribution is -0.829. The summed E-state index contributed by atoms with van der Waals surface area (Å²) in [4.78, 5) is 8.58. The summed E-state index contributed by atoms with van der Waals surface area (Å²) in [5, 5.41) is 0. The van der Waals surface area contributed by atoms with E-state index in [2.05, 4.69) is 77.4 Å². The number of aliphatic imine (C=N–C) groups is 1. The van der Waals surface area contributed by atoms with Crippen molar-refractivity contribution in [2.24, 2.45) is 4.99 Å². The molecule has 2 aromatic rings. The minimum absolute atomic E-state index is 0.124. The van der Waals surface area contributed by atoms with Gasteiger partial charge in [-0.2, -0.15) is 4.58 Å². The van der Waals surface area contributed by atoms with Gasteiger partial charge in [0.2, 0.25) is 6.21 Å². The second-order valence-electron chi connectivity index (χ2n) is 11.5. The lowest BCUT2D eigenvalue weighted by Crippen LogP contribution is -2.44. The largest absolute Gasteiger partial charge is 0.502 e. The summed E-state index contributed by atoms with van der Waals surface area (Å²) in [6, 6.07) is 13.8. The van der Waals surface area contributed by atoms with Gasteiger partial charge in [0.1, 0.15) is 6.54 Å². The minimum atomic E-state index is -2.38. The van der Waals surface area contributed by atoms with Crippen LogP contribution in [0.1, 0.15) is 51.9 Å². The molecule has 4 saturated heterocycles. The Bertz CT molecular complexity index is 1240. The molecule has 7 rings (SSSR count). The van der Waals surface area contributed by atoms with E-state index in [4.69, 9.17) is 26.6 Å². The van der Waals surface area contributed by atoms with E-state index < -0.39 is 17.6 Å². The van der Waals surface area contributed by atoms with Crippen molar-refractivity contribution in [1.29, 1.82) is 0 Å². The molecule has 12 heteroatoms. The summed E-state index contributed by atoms with van der Waals surface area (Å²) in [5.74, 6) is 0. The number of aromatic nitrogens is 2. The van der Waals surface area contributed by atoms with Crippen molar-refractivity contribution in [2.45, 2.75) is 95.9 Å². The molecule has 5 aliphatic rings. The van der Waals surface area contributed by atoms with Gasteiger partial charge in [-0.05, 0) is 52.3 Å². The molecule has 0 aliphatic carbocycles. The zero-order chi connectivity index (χ0) is 28.5. The SMILES string of the molecule is CC1O[Si]2(CCCN=Cc3ccccn3)OC(C)C1O2.CC1O[Si]2(CCC[N+]3=Cc4cccc[n+]4C3)OC(C)C1O2. The Hall–Kier alpha value is -2.17. The number of hydrogen-bond donors (Lipinski definition) is 0. The molecule has 0 saturated carbocycles. The predicted octanol–water partition coefficient (Wildman–Crippen LogP) is 2.98. The smallest absolute Gasteiger partial charge is 0.368 e. The monoisotopic (exact) mass is 598 g/mol. The summed E-state index contributed by atoms with van der Waals surface area (Å²) in [6.45, 7) is 11.0. The molecule has 0 spiro atoms. The molecule has 41 heavy (non-hydrogen) atoms. The van der Waals surface area contributed by atoms with E-state index in [1.165, 1.54) is 5.69 Å². The first-order chi connectivity index (χ1) is 19.8. The van der Waals surface area contributed by atoms with E-state index in [-0.39, 0.29) is 36.6 Å². The van der Waals surface area contributed by atoms with Crippen molar-refractivity contribution in [3.63, 3.8) is 0 Å². The quantitative estimate of drug-likeness (QED) is 0.190. The number of fused-ring (bicyclic) bond motifs is 5. The number of hydrogen-bond acceptors (Lipinski definition) is 8. The molecular weight excluding hydrogens is 557 g/mol. The van der Waals surface area contributed by atoms with E-state index in [1.807, 2.05) is 18.2 Å². The molecule has 4 fully saturated rings. The van der Waals surface area contributed by atoms with Gasteiger partial charge in [-0.1, -0.05) is 6.07 Å². The third kappa shape index (κ3) is 6.44. The molecule has 220 valence electrons. The van der Waals surface area contributed by atoms with Crippen LogP contribution in [0.5, 0.6) is 0 Å². The molecule has 0 aromatic carbocycles. The van der Waals surface area contributed by atoms with Crippen molar-refractivity contribution < 1.29 is 35.7 Å². The maximum absolute atomic E-state index is 6.07. The first-order valence-electron chi connectivity index (χ1n) is 14.9. The zero-order valence-corrected chi connectivity index (χ0v) is 26.4. The predicted molar refractivity (Wildman–Crippen MR) is 156 cm³/mol. The van der Waals surface area contributed by atoms with Crippen molar-refractivity contribution in [2.75, 3.05) is 13.1 Å². The average molecular weight is 599 g/mol. The molecular formula is C29H42N4O6Si2+2. The fourth-order valence-electron chi connectivity index (χ4n) is 6.27. The van der Waals surface area contributed by atoms with Crippen LogP contribution in [0.4, 0.5) is 0 Å². The van der Waals surface area contributed by atoms with Crippen LogP contribution in [-0.2, 0) is 33.2 Å². The maximum Gasteiger partial charge on any atom is 0.502 e. The lowest BCUT2D eigenvalue weighted by Gasteiger charge is -2.26. The maximum atomic E-state index is 6.07. The van der Waals surface area contributed by atoms with E-state index in [0.29, 0.717) is 0 Å². The minimum Gasteiger partial charge on any atom is -0.368 e. The standard InChI is InChI=1S/C15H22N2O3Si.C14H20N2O3Si/c1-12-15-13(2)19-21(18-12,20-15)9-5-7-16-10-14-6-3-4-8-17(14)11-16;1-11-14-12(2)18-20(17-11,19-14)9-5-7-15-10-13-6-3-4-8-16-13/h3-4,6,8,10,12-13,15H,5,7,9,11H2,1-2H3;3-4,6,8,10-12,14H,5,7,9H2,1-2H3/q+2;. The van der Waals surface area contributed by atoms with Gasteiger partial charge in [0.05, 0.1) is 42.3 Å². The molecule has 0 radical (unpaired) electrons. The highest BCUT2D eigenvalue weighted by atomic mass is 28.4. The van der Waals surface area contributed by atoms with Gasteiger partial charge in [-0.25, -0.2) is 0 Å². The summed E-state index contributed by atoms with van der Waals surface area (Å²) in [6.07, 6.45) is 10.9. The van der Waals surface area contributed by atoms with Gasteiger partial charge < -0.3 is 26.6 Å². The van der Waals surface area contributed by atoms with Crippen LogP contribution >= 0.6 is 0 Å². The first-order valence-corrected chi connectivity index (χ1v) is 18.8. The molecule has 5 aliphatic heterocycles. The summed E-state index contributed by atoms with van der Waals surface area (Å²) in [5.41, 5.74) is 2.15. The van der Waals surface area contributed by atoms with E-state index >= 15 is 0 Å². The highest BCUT2D eigenvalue weighted by Crippen LogP contribution is 2.41. The van der Waals surface area contributed by atoms with Crippen molar-refractivity contribution in [3.05, 3.63) is 60.2 Å². The van der Waals surface area contributed by atoms with E-state index in [9.17, 15) is 0 Å². The third-order valence-corrected chi connectivity index (χ3v) is 14.3. The highest BCUT2D eigenvalue weighted by Gasteiger charge is 2.61. The Labute approximate surface area is 244 Å². The molecule has 0 N–H and O–H groups in total. The van der Waals surface area contributed by atoms with Gasteiger partial charge >= 0.3 is 24.3 Å². The lowest BCUT2D eigenvalue weighted by atomic mass is 10.1. The first kappa shape index (κ1) is 28.9. The van der Waals surface area contributed by atoms with Crippen LogP contribution in [0, 0.1) is 0 Å². The van der Waals surface area contributed by atoms with Crippen LogP contribution < -0.4 is 4.57 Å². The number of rotatable bonds is 9. The van der Waals surface area contributed by atoms with Crippen molar-refractivity contribution >= 4 is 30.0 Å². The fourth-order valence-corrected chi connectivity index (χ4v) is 12.9. The third-order valence-electron chi connectivity index (χ3n) is 8.18. The Morgan fingerprint density at radius 2 is 1.46 bits per heavy atom. The Morgan fingerprint density at radius 3 is 2.05 bits per heavy atom. The Morgan fingerprint density at radius 1 is 0.829 bits per heavy atom. The van der Waals surface area contributed by atoms with Gasteiger partial charge in [0.15, 0.2) is 6.20 Å². The second kappa shape index (κ2) is 12.2. The van der Waals surface area contributed by atoms with Crippen LogP contribution in [-0.4, -0.2) is 89.3 Å². The Balaban J connectivity index is 0.000000148. The topological polar surface area (TPSA) is 87.5 Å². The normalized spacial score (nSPS) is 36.4. The number of pyridine rings is 2. The molecule has 4 atom stereocenters. The van der Waals surface area contributed by atoms with E-state index in [1.54, 1.807) is 12.4 Å². The highest BCUT2D eigenvalue weighted by molar-refractivity contribution is 6.62. The van der Waals surface area contributed by atoms with Crippen molar-refractivity contribution in [1.82, 2.24) is 4.98 Å². The zero-order valence-electron chi connectivity index (χ0n) is 24.4. The van der Waals surface area contributed by atoms with Crippen LogP contribution in [0.2, 0.25) is 12.1 Å². The van der Waals surface area contributed by atoms with Crippen LogP contribution in [0.25, 0.3) is 0 Å². The van der Waals surface area contributed by atoms with Gasteiger partial charge in [-0.15, -0.1) is 4.57 Å².